The van der Waals surface area contributed by atoms with E-state index in [2.05, 4.69) is 22.1 Å². The Hall–Kier alpha value is -2.34. The van der Waals surface area contributed by atoms with Crippen LogP contribution in [0.5, 0.6) is 5.75 Å². The minimum absolute atomic E-state index is 0.0181. The van der Waals surface area contributed by atoms with E-state index in [0.717, 1.165) is 43.1 Å². The number of aryl methyl sites for hydroxylation is 1. The maximum Gasteiger partial charge on any atom is 0.274 e. The number of nitrogens with zero attached hydrogens (tertiary/aromatic N) is 4. The number of benzene rings is 1. The van der Waals surface area contributed by atoms with Gasteiger partial charge in [0.2, 0.25) is 0 Å². The number of carbonyl (C=O) groups is 1. The Labute approximate surface area is 142 Å². The standard InChI is InChI=1S/C18H24N4O2/c1-20(2)18(23)17-15-9-10-22(12-16(15)21(3)19-17)11-13-5-7-14(24-4)8-6-13/h5-8H,9-12H2,1-4H3. The van der Waals surface area contributed by atoms with Crippen molar-refractivity contribution in [2.75, 3.05) is 27.7 Å². The molecule has 6 nitrogen and oxygen atoms in total. The molecule has 1 aromatic heterocycles. The molecular formula is C18H24N4O2. The van der Waals surface area contributed by atoms with E-state index in [9.17, 15) is 4.79 Å². The SMILES string of the molecule is COc1ccc(CN2CCc3c(C(=O)N(C)C)nn(C)c3C2)cc1. The number of ether oxygens (including phenoxy) is 1. The Kier molecular flexibility index (Phi) is 4.57. The second kappa shape index (κ2) is 6.65. The van der Waals surface area contributed by atoms with Crippen molar-refractivity contribution in [3.05, 3.63) is 46.8 Å². The maximum atomic E-state index is 12.3. The number of fused-ring (bicyclic) bond motifs is 1. The Morgan fingerprint density at radius 1 is 1.29 bits per heavy atom. The Bertz CT molecular complexity index is 734. The third-order valence-corrected chi connectivity index (χ3v) is 4.50. The molecule has 0 spiro atoms. The van der Waals surface area contributed by atoms with Gasteiger partial charge in [0.1, 0.15) is 5.75 Å². The fourth-order valence-corrected chi connectivity index (χ4v) is 3.13. The van der Waals surface area contributed by atoms with Crippen molar-refractivity contribution in [3.8, 4) is 5.75 Å². The number of carbonyl (C=O) groups excluding carboxylic acids is 1. The maximum absolute atomic E-state index is 12.3. The van der Waals surface area contributed by atoms with E-state index in [1.807, 2.05) is 23.9 Å². The van der Waals surface area contributed by atoms with Gasteiger partial charge in [-0.1, -0.05) is 12.1 Å². The molecule has 2 aromatic rings. The number of aromatic nitrogens is 2. The predicted molar refractivity (Wildman–Crippen MR) is 92.0 cm³/mol. The van der Waals surface area contributed by atoms with Gasteiger partial charge in [-0.05, 0) is 24.1 Å². The van der Waals surface area contributed by atoms with E-state index in [1.54, 1.807) is 26.1 Å². The first kappa shape index (κ1) is 16.5. The van der Waals surface area contributed by atoms with Crippen LogP contribution in [0.4, 0.5) is 0 Å². The van der Waals surface area contributed by atoms with Crippen LogP contribution in [0.1, 0.15) is 27.3 Å². The molecule has 0 saturated carbocycles. The molecule has 0 radical (unpaired) electrons. The highest BCUT2D eigenvalue weighted by atomic mass is 16.5. The molecule has 0 unspecified atom stereocenters. The highest BCUT2D eigenvalue weighted by Crippen LogP contribution is 2.24. The molecule has 1 aromatic carbocycles. The average molecular weight is 328 g/mol. The molecule has 128 valence electrons. The highest BCUT2D eigenvalue weighted by molar-refractivity contribution is 5.93. The third kappa shape index (κ3) is 3.14. The molecule has 1 aliphatic rings. The molecule has 0 fully saturated rings. The van der Waals surface area contributed by atoms with Crippen LogP contribution in [0.25, 0.3) is 0 Å². The minimum Gasteiger partial charge on any atom is -0.497 e. The van der Waals surface area contributed by atoms with Crippen molar-refractivity contribution in [2.45, 2.75) is 19.5 Å². The summed E-state index contributed by atoms with van der Waals surface area (Å²) in [7, 11) is 7.13. The van der Waals surface area contributed by atoms with Crippen LogP contribution >= 0.6 is 0 Å². The van der Waals surface area contributed by atoms with Crippen molar-refractivity contribution >= 4 is 5.91 Å². The van der Waals surface area contributed by atoms with E-state index in [0.29, 0.717) is 5.69 Å². The quantitative estimate of drug-likeness (QED) is 0.857. The normalized spacial score (nSPS) is 14.3. The van der Waals surface area contributed by atoms with Gasteiger partial charge in [0.15, 0.2) is 5.69 Å². The molecule has 1 aliphatic heterocycles. The average Bonchev–Trinajstić information content (AvgIpc) is 2.91. The zero-order chi connectivity index (χ0) is 17.3. The van der Waals surface area contributed by atoms with Gasteiger partial charge in [-0.3, -0.25) is 14.4 Å². The number of methoxy groups -OCH3 is 1. The van der Waals surface area contributed by atoms with Crippen LogP contribution in [-0.2, 0) is 26.6 Å². The Morgan fingerprint density at radius 3 is 2.62 bits per heavy atom. The van der Waals surface area contributed by atoms with Crippen molar-refractivity contribution in [1.29, 1.82) is 0 Å². The fraction of sp³-hybridized carbons (Fsp3) is 0.444. The summed E-state index contributed by atoms with van der Waals surface area (Å²) in [6, 6.07) is 8.17. The molecule has 0 bridgehead atoms. The number of hydrogen-bond acceptors (Lipinski definition) is 4. The largest absolute Gasteiger partial charge is 0.497 e. The van der Waals surface area contributed by atoms with E-state index < -0.39 is 0 Å². The first-order chi connectivity index (χ1) is 11.5. The summed E-state index contributed by atoms with van der Waals surface area (Å²) >= 11 is 0. The van der Waals surface area contributed by atoms with Gasteiger partial charge in [0, 0.05) is 46.3 Å². The van der Waals surface area contributed by atoms with Crippen LogP contribution in [0.3, 0.4) is 0 Å². The summed E-state index contributed by atoms with van der Waals surface area (Å²) in [5.74, 6) is 0.855. The lowest BCUT2D eigenvalue weighted by molar-refractivity contribution is 0.0819. The van der Waals surface area contributed by atoms with Crippen molar-refractivity contribution < 1.29 is 9.53 Å². The second-order valence-corrected chi connectivity index (χ2v) is 6.41. The summed E-state index contributed by atoms with van der Waals surface area (Å²) in [6.07, 6.45) is 0.855. The van der Waals surface area contributed by atoms with Gasteiger partial charge >= 0.3 is 0 Å². The fourth-order valence-electron chi connectivity index (χ4n) is 3.13. The molecule has 2 heterocycles. The predicted octanol–water partition coefficient (Wildman–Crippen LogP) is 1.69. The number of hydrogen-bond donors (Lipinski definition) is 0. The molecule has 24 heavy (non-hydrogen) atoms. The summed E-state index contributed by atoms with van der Waals surface area (Å²) in [4.78, 5) is 16.3. The zero-order valence-electron chi connectivity index (χ0n) is 14.7. The van der Waals surface area contributed by atoms with Gasteiger partial charge < -0.3 is 9.64 Å². The van der Waals surface area contributed by atoms with Gasteiger partial charge in [-0.25, -0.2) is 0 Å². The first-order valence-electron chi connectivity index (χ1n) is 8.11. The molecule has 6 heteroatoms. The second-order valence-electron chi connectivity index (χ2n) is 6.41. The van der Waals surface area contributed by atoms with Crippen LogP contribution in [0.2, 0.25) is 0 Å². The molecule has 0 N–H and O–H groups in total. The van der Waals surface area contributed by atoms with Crippen molar-refractivity contribution in [3.63, 3.8) is 0 Å². The minimum atomic E-state index is -0.0181. The summed E-state index contributed by atoms with van der Waals surface area (Å²) in [5.41, 5.74) is 4.09. The molecule has 3 rings (SSSR count). The van der Waals surface area contributed by atoms with Crippen LogP contribution in [-0.4, -0.2) is 53.2 Å². The van der Waals surface area contributed by atoms with Gasteiger partial charge in [0.25, 0.3) is 5.91 Å². The van der Waals surface area contributed by atoms with E-state index in [-0.39, 0.29) is 5.91 Å². The number of rotatable bonds is 4. The van der Waals surface area contributed by atoms with Gasteiger partial charge in [-0.2, -0.15) is 5.10 Å². The summed E-state index contributed by atoms with van der Waals surface area (Å²) in [5, 5.41) is 4.46. The lowest BCUT2D eigenvalue weighted by atomic mass is 10.0. The monoisotopic (exact) mass is 328 g/mol. The Balaban J connectivity index is 1.75. The van der Waals surface area contributed by atoms with Crippen molar-refractivity contribution in [1.82, 2.24) is 19.6 Å². The van der Waals surface area contributed by atoms with Crippen LogP contribution in [0.15, 0.2) is 24.3 Å². The van der Waals surface area contributed by atoms with Gasteiger partial charge in [0.05, 0.1) is 12.8 Å². The molecule has 0 aliphatic carbocycles. The molecular weight excluding hydrogens is 304 g/mol. The third-order valence-electron chi connectivity index (χ3n) is 4.50. The van der Waals surface area contributed by atoms with E-state index >= 15 is 0 Å². The van der Waals surface area contributed by atoms with E-state index in [4.69, 9.17) is 4.74 Å². The zero-order valence-corrected chi connectivity index (χ0v) is 14.7. The topological polar surface area (TPSA) is 50.6 Å². The molecule has 0 saturated heterocycles. The first-order valence-corrected chi connectivity index (χ1v) is 8.11. The lowest BCUT2D eigenvalue weighted by Crippen LogP contribution is -2.32. The Morgan fingerprint density at radius 2 is 2.00 bits per heavy atom. The van der Waals surface area contributed by atoms with E-state index in [1.165, 1.54) is 5.56 Å². The van der Waals surface area contributed by atoms with Gasteiger partial charge in [-0.15, -0.1) is 0 Å². The van der Waals surface area contributed by atoms with Crippen LogP contribution < -0.4 is 4.74 Å². The summed E-state index contributed by atoms with van der Waals surface area (Å²) < 4.78 is 7.06. The van der Waals surface area contributed by atoms with Crippen LogP contribution in [0, 0.1) is 0 Å². The molecule has 0 atom stereocenters. The smallest absolute Gasteiger partial charge is 0.274 e. The lowest BCUT2D eigenvalue weighted by Gasteiger charge is -2.27. The van der Waals surface area contributed by atoms with Crippen molar-refractivity contribution in [2.24, 2.45) is 7.05 Å². The highest BCUT2D eigenvalue weighted by Gasteiger charge is 2.27. The molecule has 1 amide bonds. The number of amides is 1. The summed E-state index contributed by atoms with van der Waals surface area (Å²) in [6.45, 7) is 2.62.